The van der Waals surface area contributed by atoms with Gasteiger partial charge in [0.25, 0.3) is 0 Å². The minimum atomic E-state index is -1.11. The molecule has 10 heteroatoms. The summed E-state index contributed by atoms with van der Waals surface area (Å²) in [6.07, 6.45) is 0.152. The van der Waals surface area contributed by atoms with E-state index >= 15 is 0 Å². The number of anilines is 1. The number of carboxylic acid groups (broad SMARTS) is 1. The zero-order valence-electron chi connectivity index (χ0n) is 15.3. The number of hydrogen-bond acceptors (Lipinski definition) is 6. The number of nitrogens with one attached hydrogen (secondary N) is 1. The molecule has 2 N–H and O–H groups in total. The molecule has 148 valence electrons. The van der Waals surface area contributed by atoms with E-state index in [1.807, 2.05) is 0 Å². The Balaban J connectivity index is 2.27. The third-order valence-electron chi connectivity index (χ3n) is 4.04. The molecule has 1 aliphatic heterocycles. The van der Waals surface area contributed by atoms with E-state index < -0.39 is 40.1 Å². The molecule has 2 rings (SSSR count). The third kappa shape index (κ3) is 5.13. The van der Waals surface area contributed by atoms with Crippen LogP contribution in [0.2, 0.25) is 0 Å². The van der Waals surface area contributed by atoms with E-state index in [4.69, 9.17) is 4.74 Å². The molecular weight excluding hydrogens is 361 g/mol. The summed E-state index contributed by atoms with van der Waals surface area (Å²) in [5.41, 5.74) is -2.04. The van der Waals surface area contributed by atoms with Crippen LogP contribution in [0.4, 0.5) is 20.6 Å². The number of carboxylic acids is 1. The van der Waals surface area contributed by atoms with Crippen LogP contribution in [0.1, 0.15) is 39.2 Å². The Bertz CT molecular complexity index is 762. The number of amides is 1. The van der Waals surface area contributed by atoms with Crippen LogP contribution in [0.5, 0.6) is 0 Å². The second kappa shape index (κ2) is 7.87. The predicted molar refractivity (Wildman–Crippen MR) is 94.0 cm³/mol. The SMILES string of the molecule is CC(C)(C)OC(=O)Nc1ccc(CN2CCC[C@@H]2C(=O)O)c(F)c1[N+](=O)[O-]. The van der Waals surface area contributed by atoms with Crippen LogP contribution < -0.4 is 5.32 Å². The molecule has 0 unspecified atom stereocenters. The van der Waals surface area contributed by atoms with Crippen LogP contribution in [0.25, 0.3) is 0 Å². The zero-order chi connectivity index (χ0) is 20.4. The molecule has 1 aliphatic rings. The van der Waals surface area contributed by atoms with Crippen molar-refractivity contribution in [3.63, 3.8) is 0 Å². The van der Waals surface area contributed by atoms with E-state index in [9.17, 15) is 29.2 Å². The van der Waals surface area contributed by atoms with Gasteiger partial charge in [0.15, 0.2) is 0 Å². The van der Waals surface area contributed by atoms with Crippen molar-refractivity contribution < 1.29 is 28.7 Å². The van der Waals surface area contributed by atoms with E-state index in [1.54, 1.807) is 25.7 Å². The molecule has 0 radical (unpaired) electrons. The molecule has 0 spiro atoms. The molecule has 1 saturated heterocycles. The highest BCUT2D eigenvalue weighted by Crippen LogP contribution is 2.32. The minimum absolute atomic E-state index is 0.00964. The van der Waals surface area contributed by atoms with E-state index in [2.05, 4.69) is 5.32 Å². The number of rotatable bonds is 5. The number of benzene rings is 1. The first kappa shape index (κ1) is 20.6. The number of ether oxygens (including phenoxy) is 1. The maximum absolute atomic E-state index is 14.7. The van der Waals surface area contributed by atoms with Crippen molar-refractivity contribution in [2.24, 2.45) is 0 Å². The largest absolute Gasteiger partial charge is 0.480 e. The summed E-state index contributed by atoms with van der Waals surface area (Å²) in [5.74, 6) is -2.12. The summed E-state index contributed by atoms with van der Waals surface area (Å²) in [5, 5.41) is 22.7. The lowest BCUT2D eigenvalue weighted by molar-refractivity contribution is -0.386. The molecule has 1 fully saturated rings. The number of nitrogens with zero attached hydrogens (tertiary/aromatic N) is 2. The average molecular weight is 383 g/mol. The molecule has 27 heavy (non-hydrogen) atoms. The van der Waals surface area contributed by atoms with Gasteiger partial charge in [-0.2, -0.15) is 4.39 Å². The topological polar surface area (TPSA) is 122 Å². The number of nitro groups is 1. The van der Waals surface area contributed by atoms with Crippen LogP contribution in [0.15, 0.2) is 12.1 Å². The molecule has 0 saturated carbocycles. The van der Waals surface area contributed by atoms with Crippen molar-refractivity contribution in [2.45, 2.75) is 51.8 Å². The summed E-state index contributed by atoms with van der Waals surface area (Å²) in [6.45, 7) is 5.26. The quantitative estimate of drug-likeness (QED) is 0.591. The highest BCUT2D eigenvalue weighted by Gasteiger charge is 2.33. The molecule has 9 nitrogen and oxygen atoms in total. The first-order valence-corrected chi connectivity index (χ1v) is 8.42. The summed E-state index contributed by atoms with van der Waals surface area (Å²) in [6, 6.07) is 1.77. The second-order valence-corrected chi connectivity index (χ2v) is 7.29. The van der Waals surface area contributed by atoms with Crippen molar-refractivity contribution >= 4 is 23.4 Å². The van der Waals surface area contributed by atoms with Crippen LogP contribution in [-0.2, 0) is 16.1 Å². The standard InChI is InChI=1S/C17H22FN3O6/c1-17(2,3)27-16(24)19-11-7-6-10(13(18)14(11)21(25)26)9-20-8-4-5-12(20)15(22)23/h6-7,12H,4-5,8-9H2,1-3H3,(H,19,24)(H,22,23)/t12-/m1/s1. The molecule has 0 aromatic heterocycles. The average Bonchev–Trinajstić information content (AvgIpc) is 2.96. The van der Waals surface area contributed by atoms with Crippen molar-refractivity contribution in [3.05, 3.63) is 33.6 Å². The highest BCUT2D eigenvalue weighted by atomic mass is 19.1. The number of likely N-dealkylation sites (tertiary alicyclic amines) is 1. The van der Waals surface area contributed by atoms with E-state index in [0.717, 1.165) is 0 Å². The number of hydrogen-bond donors (Lipinski definition) is 2. The fraction of sp³-hybridized carbons (Fsp3) is 0.529. The lowest BCUT2D eigenvalue weighted by Gasteiger charge is -2.22. The Morgan fingerprint density at radius 2 is 2.11 bits per heavy atom. The molecular formula is C17H22FN3O6. The van der Waals surface area contributed by atoms with Gasteiger partial charge in [0.1, 0.15) is 17.3 Å². The van der Waals surface area contributed by atoms with Crippen molar-refractivity contribution in [2.75, 3.05) is 11.9 Å². The van der Waals surface area contributed by atoms with E-state index in [1.165, 1.54) is 12.1 Å². The monoisotopic (exact) mass is 383 g/mol. The maximum atomic E-state index is 14.7. The van der Waals surface area contributed by atoms with Gasteiger partial charge in [0.2, 0.25) is 5.82 Å². The van der Waals surface area contributed by atoms with Gasteiger partial charge in [0.05, 0.1) is 4.92 Å². The highest BCUT2D eigenvalue weighted by molar-refractivity contribution is 5.88. The van der Waals surface area contributed by atoms with Gasteiger partial charge in [0, 0.05) is 12.1 Å². The Morgan fingerprint density at radius 1 is 1.44 bits per heavy atom. The Kier molecular flexibility index (Phi) is 5.99. The van der Waals surface area contributed by atoms with Crippen LogP contribution >= 0.6 is 0 Å². The van der Waals surface area contributed by atoms with Crippen molar-refractivity contribution in [1.29, 1.82) is 0 Å². The normalized spacial score (nSPS) is 17.6. The van der Waals surface area contributed by atoms with Gasteiger partial charge in [-0.1, -0.05) is 6.07 Å². The van der Waals surface area contributed by atoms with Gasteiger partial charge in [-0.25, -0.2) is 4.79 Å². The summed E-state index contributed by atoms with van der Waals surface area (Å²) < 4.78 is 19.8. The molecule has 1 heterocycles. The lowest BCUT2D eigenvalue weighted by atomic mass is 10.1. The fourth-order valence-corrected chi connectivity index (χ4v) is 2.94. The summed E-state index contributed by atoms with van der Waals surface area (Å²) in [7, 11) is 0. The molecule has 1 aromatic rings. The van der Waals surface area contributed by atoms with Crippen LogP contribution in [-0.4, -0.2) is 45.2 Å². The van der Waals surface area contributed by atoms with Gasteiger partial charge >= 0.3 is 17.7 Å². The number of nitro benzene ring substituents is 1. The van der Waals surface area contributed by atoms with E-state index in [0.29, 0.717) is 19.4 Å². The molecule has 0 bridgehead atoms. The number of aliphatic carboxylic acids is 1. The maximum Gasteiger partial charge on any atom is 0.412 e. The molecule has 1 amide bonds. The lowest BCUT2D eigenvalue weighted by Crippen LogP contribution is -2.35. The number of carbonyl (C=O) groups excluding carboxylic acids is 1. The second-order valence-electron chi connectivity index (χ2n) is 7.29. The first-order chi connectivity index (χ1) is 12.5. The smallest absolute Gasteiger partial charge is 0.412 e. The van der Waals surface area contributed by atoms with Gasteiger partial charge in [-0.05, 0) is 46.2 Å². The third-order valence-corrected chi connectivity index (χ3v) is 4.04. The van der Waals surface area contributed by atoms with Crippen molar-refractivity contribution in [1.82, 2.24) is 4.90 Å². The Morgan fingerprint density at radius 3 is 2.67 bits per heavy atom. The summed E-state index contributed by atoms with van der Waals surface area (Å²) in [4.78, 5) is 35.1. The Hall–Kier alpha value is -2.75. The van der Waals surface area contributed by atoms with Gasteiger partial charge < -0.3 is 9.84 Å². The minimum Gasteiger partial charge on any atom is -0.480 e. The predicted octanol–water partition coefficient (Wildman–Crippen LogP) is 3.13. The Labute approximate surface area is 155 Å². The fourth-order valence-electron chi connectivity index (χ4n) is 2.94. The van der Waals surface area contributed by atoms with E-state index in [-0.39, 0.29) is 17.8 Å². The number of carbonyl (C=O) groups is 2. The van der Waals surface area contributed by atoms with Crippen LogP contribution in [0, 0.1) is 15.9 Å². The molecule has 1 aromatic carbocycles. The molecule has 0 aliphatic carbocycles. The van der Waals surface area contributed by atoms with Gasteiger partial charge in [-0.15, -0.1) is 0 Å². The van der Waals surface area contributed by atoms with Gasteiger partial charge in [-0.3, -0.25) is 25.1 Å². The van der Waals surface area contributed by atoms with Crippen molar-refractivity contribution in [3.8, 4) is 0 Å². The first-order valence-electron chi connectivity index (χ1n) is 8.42. The zero-order valence-corrected chi connectivity index (χ0v) is 15.3. The number of halogens is 1. The molecule has 1 atom stereocenters. The summed E-state index contributed by atoms with van der Waals surface area (Å²) >= 11 is 0. The van der Waals surface area contributed by atoms with Crippen LogP contribution in [0.3, 0.4) is 0 Å².